The number of para-hydroxylation sites is 1. The molecule has 2 aromatic carbocycles. The minimum absolute atomic E-state index is 0.209. The average Bonchev–Trinajstić information content (AvgIpc) is 3.26. The Labute approximate surface area is 203 Å². The quantitative estimate of drug-likeness (QED) is 0.341. The van der Waals surface area contributed by atoms with Gasteiger partial charge in [0.1, 0.15) is 12.4 Å². The molecular weight excluding hydrogens is 474 g/mol. The molecule has 2 heterocycles. The van der Waals surface area contributed by atoms with E-state index in [-0.39, 0.29) is 12.1 Å². The SMILES string of the molecule is CC(C)c1ccc(CSc2nnc(SCc3nc4ccccc4c(=O)n3CC(N)=O)s2)cc1. The number of rotatable bonds is 9. The summed E-state index contributed by atoms with van der Waals surface area (Å²) in [6.07, 6.45) is 0. The van der Waals surface area contributed by atoms with E-state index in [0.717, 1.165) is 14.4 Å². The van der Waals surface area contributed by atoms with Crippen molar-refractivity contribution in [3.05, 3.63) is 75.8 Å². The summed E-state index contributed by atoms with van der Waals surface area (Å²) < 4.78 is 3.00. The Morgan fingerprint density at radius 1 is 1.03 bits per heavy atom. The van der Waals surface area contributed by atoms with E-state index in [9.17, 15) is 9.59 Å². The molecule has 0 aliphatic heterocycles. The summed E-state index contributed by atoms with van der Waals surface area (Å²) in [5.41, 5.74) is 8.26. The molecule has 0 bridgehead atoms. The van der Waals surface area contributed by atoms with Gasteiger partial charge in [0, 0.05) is 5.75 Å². The van der Waals surface area contributed by atoms with Crippen LogP contribution in [0.3, 0.4) is 0 Å². The highest BCUT2D eigenvalue weighted by Gasteiger charge is 2.14. The van der Waals surface area contributed by atoms with E-state index in [0.29, 0.717) is 28.4 Å². The number of thioether (sulfide) groups is 2. The van der Waals surface area contributed by atoms with E-state index in [2.05, 4.69) is 53.3 Å². The molecule has 0 atom stereocenters. The molecule has 0 aliphatic rings. The van der Waals surface area contributed by atoms with Gasteiger partial charge in [-0.1, -0.05) is 85.1 Å². The van der Waals surface area contributed by atoms with Crippen LogP contribution in [-0.2, 0) is 22.8 Å². The average molecular weight is 498 g/mol. The standard InChI is InChI=1S/C23H23N5O2S3/c1-14(2)16-9-7-15(8-10-16)12-31-22-26-27-23(33-22)32-13-20-25-18-6-4-3-5-17(18)21(30)28(20)11-19(24)29/h3-10,14H,11-13H2,1-2H3,(H2,24,29). The van der Waals surface area contributed by atoms with Crippen LogP contribution < -0.4 is 11.3 Å². The first-order chi connectivity index (χ1) is 15.9. The van der Waals surface area contributed by atoms with Gasteiger partial charge in [0.2, 0.25) is 5.91 Å². The Morgan fingerprint density at radius 2 is 1.70 bits per heavy atom. The number of hydrogen-bond donors (Lipinski definition) is 1. The van der Waals surface area contributed by atoms with Gasteiger partial charge in [0.25, 0.3) is 5.56 Å². The van der Waals surface area contributed by atoms with Crippen LogP contribution in [0.25, 0.3) is 10.9 Å². The Bertz CT molecular complexity index is 1330. The first kappa shape index (κ1) is 23.5. The van der Waals surface area contributed by atoms with Crippen molar-refractivity contribution in [3.8, 4) is 0 Å². The van der Waals surface area contributed by atoms with Gasteiger partial charge in [0.05, 0.1) is 16.7 Å². The van der Waals surface area contributed by atoms with Gasteiger partial charge in [0.15, 0.2) is 8.68 Å². The number of hydrogen-bond acceptors (Lipinski definition) is 8. The van der Waals surface area contributed by atoms with Crippen LogP contribution in [0.5, 0.6) is 0 Å². The molecule has 0 saturated heterocycles. The van der Waals surface area contributed by atoms with E-state index in [1.54, 1.807) is 30.0 Å². The number of aromatic nitrogens is 4. The van der Waals surface area contributed by atoms with E-state index in [1.165, 1.54) is 38.8 Å². The van der Waals surface area contributed by atoms with Crippen molar-refractivity contribution in [2.24, 2.45) is 5.73 Å². The highest BCUT2D eigenvalue weighted by molar-refractivity contribution is 8.02. The summed E-state index contributed by atoms with van der Waals surface area (Å²) >= 11 is 4.59. The summed E-state index contributed by atoms with van der Waals surface area (Å²) in [6.45, 7) is 4.16. The maximum absolute atomic E-state index is 12.9. The second-order valence-electron chi connectivity index (χ2n) is 7.71. The lowest BCUT2D eigenvalue weighted by Crippen LogP contribution is -2.31. The van der Waals surface area contributed by atoms with Gasteiger partial charge in [-0.05, 0) is 29.2 Å². The van der Waals surface area contributed by atoms with Gasteiger partial charge < -0.3 is 5.73 Å². The molecule has 170 valence electrons. The molecule has 2 N–H and O–H groups in total. The van der Waals surface area contributed by atoms with Gasteiger partial charge in [-0.2, -0.15) is 0 Å². The predicted octanol–water partition coefficient (Wildman–Crippen LogP) is 4.44. The maximum atomic E-state index is 12.9. The van der Waals surface area contributed by atoms with Crippen molar-refractivity contribution in [2.45, 2.75) is 46.5 Å². The Balaban J connectivity index is 1.44. The molecule has 0 saturated carbocycles. The zero-order chi connectivity index (χ0) is 23.4. The number of primary amides is 1. The second kappa shape index (κ2) is 10.5. The number of fused-ring (bicyclic) bond motifs is 1. The fourth-order valence-corrected chi connectivity index (χ4v) is 6.15. The van der Waals surface area contributed by atoms with Gasteiger partial charge in [-0.15, -0.1) is 10.2 Å². The second-order valence-corrected chi connectivity index (χ2v) is 11.1. The number of nitrogens with zero attached hydrogens (tertiary/aromatic N) is 4. The lowest BCUT2D eigenvalue weighted by Gasteiger charge is -2.11. The van der Waals surface area contributed by atoms with Crippen LogP contribution in [0.1, 0.15) is 36.7 Å². The lowest BCUT2D eigenvalue weighted by molar-refractivity contribution is -0.118. The van der Waals surface area contributed by atoms with Crippen molar-refractivity contribution < 1.29 is 4.79 Å². The minimum atomic E-state index is -0.587. The molecule has 4 aromatic rings. The van der Waals surface area contributed by atoms with Crippen LogP contribution in [0.4, 0.5) is 0 Å². The zero-order valence-electron chi connectivity index (χ0n) is 18.2. The lowest BCUT2D eigenvalue weighted by atomic mass is 10.0. The molecule has 33 heavy (non-hydrogen) atoms. The summed E-state index contributed by atoms with van der Waals surface area (Å²) in [5.74, 6) is 1.62. The number of carbonyl (C=O) groups excluding carboxylic acids is 1. The van der Waals surface area contributed by atoms with Crippen LogP contribution in [0, 0.1) is 0 Å². The molecule has 10 heteroatoms. The van der Waals surface area contributed by atoms with Crippen LogP contribution in [-0.4, -0.2) is 25.7 Å². The van der Waals surface area contributed by atoms with Crippen molar-refractivity contribution in [2.75, 3.05) is 0 Å². The molecule has 4 rings (SSSR count). The zero-order valence-corrected chi connectivity index (χ0v) is 20.7. The first-order valence-electron chi connectivity index (χ1n) is 10.4. The monoisotopic (exact) mass is 497 g/mol. The van der Waals surface area contributed by atoms with Crippen LogP contribution in [0.2, 0.25) is 0 Å². The number of carbonyl (C=O) groups is 1. The molecule has 0 spiro atoms. The predicted molar refractivity (Wildman–Crippen MR) is 135 cm³/mol. The topological polar surface area (TPSA) is 104 Å². The van der Waals surface area contributed by atoms with Crippen molar-refractivity contribution >= 4 is 51.7 Å². The summed E-state index contributed by atoms with van der Waals surface area (Å²) in [5, 5.41) is 9.00. The first-order valence-corrected chi connectivity index (χ1v) is 13.1. The number of nitrogens with two attached hydrogens (primary N) is 1. The molecule has 0 radical (unpaired) electrons. The van der Waals surface area contributed by atoms with Gasteiger partial charge in [-0.3, -0.25) is 14.2 Å². The van der Waals surface area contributed by atoms with Crippen LogP contribution >= 0.6 is 34.9 Å². The molecule has 7 nitrogen and oxygen atoms in total. The number of amides is 1. The van der Waals surface area contributed by atoms with E-state index >= 15 is 0 Å². The molecule has 2 aromatic heterocycles. The highest BCUT2D eigenvalue weighted by Crippen LogP contribution is 2.32. The smallest absolute Gasteiger partial charge is 0.261 e. The van der Waals surface area contributed by atoms with Gasteiger partial charge in [-0.25, -0.2) is 4.98 Å². The fraction of sp³-hybridized carbons (Fsp3) is 0.261. The largest absolute Gasteiger partial charge is 0.368 e. The van der Waals surface area contributed by atoms with Gasteiger partial charge >= 0.3 is 0 Å². The Kier molecular flexibility index (Phi) is 7.46. The molecular formula is C23H23N5O2S3. The molecule has 0 unspecified atom stereocenters. The Morgan fingerprint density at radius 3 is 2.36 bits per heavy atom. The third-order valence-electron chi connectivity index (χ3n) is 4.98. The van der Waals surface area contributed by atoms with Crippen molar-refractivity contribution in [3.63, 3.8) is 0 Å². The summed E-state index contributed by atoms with van der Waals surface area (Å²) in [4.78, 5) is 29.0. The van der Waals surface area contributed by atoms with E-state index < -0.39 is 5.91 Å². The normalized spacial score (nSPS) is 11.4. The van der Waals surface area contributed by atoms with Crippen LogP contribution in [0.15, 0.2) is 62.0 Å². The molecule has 0 aliphatic carbocycles. The summed E-state index contributed by atoms with van der Waals surface area (Å²) in [6, 6.07) is 15.7. The van der Waals surface area contributed by atoms with E-state index in [4.69, 9.17) is 5.73 Å². The molecule has 1 amide bonds. The minimum Gasteiger partial charge on any atom is -0.368 e. The Hall–Kier alpha value is -2.69. The fourth-order valence-electron chi connectivity index (χ4n) is 3.23. The van der Waals surface area contributed by atoms with Crippen molar-refractivity contribution in [1.82, 2.24) is 19.7 Å². The summed E-state index contributed by atoms with van der Waals surface area (Å²) in [7, 11) is 0. The maximum Gasteiger partial charge on any atom is 0.261 e. The van der Waals surface area contributed by atoms with E-state index in [1.807, 2.05) is 6.07 Å². The third kappa shape index (κ3) is 5.82. The third-order valence-corrected chi connectivity index (χ3v) is 8.23. The molecule has 0 fully saturated rings. The highest BCUT2D eigenvalue weighted by atomic mass is 32.2. The van der Waals surface area contributed by atoms with Crippen molar-refractivity contribution in [1.29, 1.82) is 0 Å². The number of benzene rings is 2.